The molecule has 0 spiro atoms. The summed E-state index contributed by atoms with van der Waals surface area (Å²) in [6, 6.07) is 6.85. The molecule has 14 heteroatoms. The number of ether oxygens (including phenoxy) is 1. The summed E-state index contributed by atoms with van der Waals surface area (Å²) in [7, 11) is -4.26. The molecule has 4 rings (SSSR count). The van der Waals surface area contributed by atoms with Crippen LogP contribution in [-0.2, 0) is 21.2 Å². The summed E-state index contributed by atoms with van der Waals surface area (Å²) in [6.07, 6.45) is -6.05. The molecule has 2 heterocycles. The van der Waals surface area contributed by atoms with Crippen LogP contribution < -0.4 is 4.74 Å². The van der Waals surface area contributed by atoms with E-state index in [1.165, 1.54) is 12.1 Å². The number of benzene rings is 2. The largest absolute Gasteiger partial charge is 0.573 e. The fourth-order valence-corrected chi connectivity index (χ4v) is 5.68. The van der Waals surface area contributed by atoms with Crippen molar-refractivity contribution in [3.8, 4) is 17.0 Å². The average Bonchev–Trinajstić information content (AvgIpc) is 3.26. The fraction of sp³-hybridized carbons (Fsp3) is 0.292. The number of alkyl halides is 4. The van der Waals surface area contributed by atoms with E-state index in [0.717, 1.165) is 47.0 Å². The molecule has 1 aliphatic heterocycles. The van der Waals surface area contributed by atoms with Gasteiger partial charge in [0, 0.05) is 30.6 Å². The molecule has 2 aromatic carbocycles. The summed E-state index contributed by atoms with van der Waals surface area (Å²) in [5, 5.41) is 0. The predicted octanol–water partition coefficient (Wildman–Crippen LogP) is 4.62. The van der Waals surface area contributed by atoms with E-state index in [0.29, 0.717) is 5.69 Å². The number of carbonyl (C=O) groups excluding carboxylic acids is 1. The lowest BCUT2D eigenvalue weighted by molar-refractivity contribution is -0.275. The predicted molar refractivity (Wildman–Crippen MR) is 121 cm³/mol. The molecular weight excluding hydrogens is 540 g/mol. The molecule has 2 atom stereocenters. The summed E-state index contributed by atoms with van der Waals surface area (Å²) in [4.78, 5) is 20.6. The highest BCUT2D eigenvalue weighted by molar-refractivity contribution is 7.89. The van der Waals surface area contributed by atoms with Crippen LogP contribution in [0, 0.1) is 11.6 Å². The summed E-state index contributed by atoms with van der Waals surface area (Å²) in [5.41, 5.74) is 0.590. The number of sulfonamides is 1. The summed E-state index contributed by atoms with van der Waals surface area (Å²) < 4.78 is 109. The molecular formula is C24H19F6N3O4S. The van der Waals surface area contributed by atoms with Crippen LogP contribution in [0.4, 0.5) is 26.3 Å². The lowest BCUT2D eigenvalue weighted by Crippen LogP contribution is -2.40. The standard InChI is InChI=1S/C24H19F6N3O4S/c25-15-2-5-18(6-3-15)38(35,36)33-12-16(26)10-21(33)22(34)7-4-17-11-20(32-13-31-17)14-1-8-23(19(27)9-14)37-24(28,29)30/h1-3,5-6,8-9,11,13,16,21H,4,7,10,12H2/t16-,21+/m1/s1. The van der Waals surface area contributed by atoms with Gasteiger partial charge in [-0.3, -0.25) is 4.79 Å². The Balaban J connectivity index is 1.46. The number of hydrogen-bond donors (Lipinski definition) is 0. The van der Waals surface area contributed by atoms with Crippen molar-refractivity contribution in [1.82, 2.24) is 14.3 Å². The third kappa shape index (κ3) is 6.30. The Kier molecular flexibility index (Phi) is 7.74. The first-order valence-electron chi connectivity index (χ1n) is 11.1. The molecule has 0 bridgehead atoms. The molecule has 1 fully saturated rings. The number of halogens is 6. The highest BCUT2D eigenvalue weighted by Gasteiger charge is 2.43. The van der Waals surface area contributed by atoms with Gasteiger partial charge < -0.3 is 4.74 Å². The van der Waals surface area contributed by atoms with E-state index < -0.39 is 58.3 Å². The van der Waals surface area contributed by atoms with Gasteiger partial charge in [0.2, 0.25) is 10.0 Å². The first-order valence-corrected chi connectivity index (χ1v) is 12.6. The monoisotopic (exact) mass is 559 g/mol. The van der Waals surface area contributed by atoms with E-state index in [2.05, 4.69) is 14.7 Å². The van der Waals surface area contributed by atoms with Crippen molar-refractivity contribution >= 4 is 15.8 Å². The Bertz CT molecular complexity index is 1430. The van der Waals surface area contributed by atoms with E-state index in [1.54, 1.807) is 0 Å². The SMILES string of the molecule is O=C(CCc1cc(-c2ccc(OC(F)(F)F)c(F)c2)ncn1)[C@@H]1C[C@@H](F)CN1S(=O)(=O)c1ccc(F)cc1. The Morgan fingerprint density at radius 2 is 1.76 bits per heavy atom. The zero-order valence-corrected chi connectivity index (χ0v) is 20.1. The number of hydrogen-bond acceptors (Lipinski definition) is 6. The Labute approximate surface area is 213 Å². The van der Waals surface area contributed by atoms with Gasteiger partial charge in [-0.05, 0) is 55.0 Å². The Morgan fingerprint density at radius 1 is 1.05 bits per heavy atom. The Hall–Kier alpha value is -3.52. The van der Waals surface area contributed by atoms with E-state index in [9.17, 15) is 39.6 Å². The lowest BCUT2D eigenvalue weighted by Gasteiger charge is -2.22. The van der Waals surface area contributed by atoms with Gasteiger partial charge in [-0.2, -0.15) is 4.31 Å². The van der Waals surface area contributed by atoms with Gasteiger partial charge in [0.05, 0.1) is 16.6 Å². The molecule has 1 aliphatic rings. The molecule has 202 valence electrons. The smallest absolute Gasteiger partial charge is 0.403 e. The molecule has 3 aromatic rings. The van der Waals surface area contributed by atoms with Crippen LogP contribution in [-0.4, -0.2) is 53.6 Å². The minimum Gasteiger partial charge on any atom is -0.403 e. The molecule has 1 aromatic heterocycles. The molecule has 0 saturated carbocycles. The van der Waals surface area contributed by atoms with Crippen molar-refractivity contribution in [3.63, 3.8) is 0 Å². The van der Waals surface area contributed by atoms with Crippen molar-refractivity contribution < 1.29 is 44.3 Å². The molecule has 0 radical (unpaired) electrons. The molecule has 7 nitrogen and oxygen atoms in total. The number of Topliss-reactive ketones (excluding diaryl/α,β-unsaturated/α-hetero) is 1. The second kappa shape index (κ2) is 10.7. The molecule has 38 heavy (non-hydrogen) atoms. The van der Waals surface area contributed by atoms with Crippen molar-refractivity contribution in [1.29, 1.82) is 0 Å². The van der Waals surface area contributed by atoms with Crippen LogP contribution in [0.5, 0.6) is 5.75 Å². The first-order chi connectivity index (χ1) is 17.8. The molecule has 0 amide bonds. The first kappa shape index (κ1) is 27.5. The van der Waals surface area contributed by atoms with E-state index in [-0.39, 0.29) is 35.4 Å². The average molecular weight is 559 g/mol. The van der Waals surface area contributed by atoms with Gasteiger partial charge >= 0.3 is 6.36 Å². The quantitative estimate of drug-likeness (QED) is 0.374. The van der Waals surface area contributed by atoms with E-state index >= 15 is 0 Å². The zero-order chi connectivity index (χ0) is 27.7. The minimum atomic E-state index is -5.06. The fourth-order valence-electron chi connectivity index (χ4n) is 4.03. The van der Waals surface area contributed by atoms with Crippen molar-refractivity contribution in [2.24, 2.45) is 0 Å². The normalized spacial score (nSPS) is 18.5. The molecule has 0 unspecified atom stereocenters. The van der Waals surface area contributed by atoms with Gasteiger partial charge in [-0.15, -0.1) is 13.2 Å². The van der Waals surface area contributed by atoms with Gasteiger partial charge in [-0.25, -0.2) is 31.6 Å². The summed E-state index contributed by atoms with van der Waals surface area (Å²) in [5.74, 6) is -3.49. The van der Waals surface area contributed by atoms with Crippen molar-refractivity contribution in [2.75, 3.05) is 6.54 Å². The lowest BCUT2D eigenvalue weighted by atomic mass is 10.0. The third-order valence-corrected chi connectivity index (χ3v) is 7.69. The number of aromatic nitrogens is 2. The topological polar surface area (TPSA) is 89.5 Å². The van der Waals surface area contributed by atoms with E-state index in [4.69, 9.17) is 0 Å². The van der Waals surface area contributed by atoms with Crippen LogP contribution in [0.2, 0.25) is 0 Å². The zero-order valence-electron chi connectivity index (χ0n) is 19.3. The maximum Gasteiger partial charge on any atom is 0.573 e. The van der Waals surface area contributed by atoms with Crippen LogP contribution in [0.1, 0.15) is 18.5 Å². The van der Waals surface area contributed by atoms with Crippen molar-refractivity contribution in [3.05, 3.63) is 72.2 Å². The molecule has 0 aliphatic carbocycles. The second-order valence-corrected chi connectivity index (χ2v) is 10.3. The maximum absolute atomic E-state index is 14.2. The van der Waals surface area contributed by atoms with Crippen LogP contribution in [0.3, 0.4) is 0 Å². The van der Waals surface area contributed by atoms with Gasteiger partial charge in [0.15, 0.2) is 17.3 Å². The number of rotatable bonds is 8. The summed E-state index contributed by atoms with van der Waals surface area (Å²) in [6.45, 7) is -0.520. The minimum absolute atomic E-state index is 0.00396. The highest BCUT2D eigenvalue weighted by atomic mass is 32.2. The highest BCUT2D eigenvalue weighted by Crippen LogP contribution is 2.31. The van der Waals surface area contributed by atoms with Crippen molar-refractivity contribution in [2.45, 2.75) is 42.7 Å². The van der Waals surface area contributed by atoms with Gasteiger partial charge in [0.1, 0.15) is 18.3 Å². The van der Waals surface area contributed by atoms with Crippen LogP contribution >= 0.6 is 0 Å². The maximum atomic E-state index is 14.2. The summed E-state index contributed by atoms with van der Waals surface area (Å²) >= 11 is 0. The number of ketones is 1. The van der Waals surface area contributed by atoms with Gasteiger partial charge in [-0.1, -0.05) is 0 Å². The number of nitrogens with zero attached hydrogens (tertiary/aromatic N) is 3. The second-order valence-electron chi connectivity index (χ2n) is 8.43. The Morgan fingerprint density at radius 3 is 2.42 bits per heavy atom. The van der Waals surface area contributed by atoms with Crippen LogP contribution in [0.25, 0.3) is 11.3 Å². The number of carbonyl (C=O) groups is 1. The molecule has 1 saturated heterocycles. The third-order valence-electron chi connectivity index (χ3n) is 5.80. The number of aryl methyl sites for hydroxylation is 1. The van der Waals surface area contributed by atoms with Gasteiger partial charge in [0.25, 0.3) is 0 Å². The van der Waals surface area contributed by atoms with Crippen LogP contribution in [0.15, 0.2) is 59.8 Å². The van der Waals surface area contributed by atoms with E-state index in [1.807, 2.05) is 0 Å². The molecule has 0 N–H and O–H groups in total.